The Morgan fingerprint density at radius 1 is 0.947 bits per heavy atom. The van der Waals surface area contributed by atoms with Crippen LogP contribution in [0.4, 0.5) is 26.3 Å². The lowest BCUT2D eigenvalue weighted by molar-refractivity contribution is -0.277. The summed E-state index contributed by atoms with van der Waals surface area (Å²) in [4.78, 5) is 0. The Kier molecular flexibility index (Phi) is 4.33. The van der Waals surface area contributed by atoms with Gasteiger partial charge in [-0.15, -0.1) is 32.9 Å². The Labute approximate surface area is 104 Å². The molecule has 0 bridgehead atoms. The zero-order chi connectivity index (χ0) is 14.7. The quantitative estimate of drug-likeness (QED) is 0.609. The molecular formula is C11H8F6O2. The van der Waals surface area contributed by atoms with Gasteiger partial charge in [-0.3, -0.25) is 0 Å². The summed E-state index contributed by atoms with van der Waals surface area (Å²) < 4.78 is 80.0. The Hall–Kier alpha value is -1.86. The van der Waals surface area contributed by atoms with E-state index in [9.17, 15) is 26.3 Å². The van der Waals surface area contributed by atoms with Crippen molar-refractivity contribution in [2.45, 2.75) is 19.1 Å². The molecular weight excluding hydrogens is 278 g/mol. The molecule has 0 radical (unpaired) electrons. The molecule has 0 saturated carbocycles. The predicted octanol–water partition coefficient (Wildman–Crippen LogP) is 4.21. The minimum atomic E-state index is -5.01. The van der Waals surface area contributed by atoms with Crippen molar-refractivity contribution >= 4 is 0 Å². The van der Waals surface area contributed by atoms with E-state index in [1.807, 2.05) is 0 Å². The minimum absolute atomic E-state index is 0.266. The first kappa shape index (κ1) is 15.2. The monoisotopic (exact) mass is 286 g/mol. The number of allylic oxidation sites excluding steroid dienone is 1. The third-order valence-electron chi connectivity index (χ3n) is 1.89. The summed E-state index contributed by atoms with van der Waals surface area (Å²) in [5.74, 6) is -1.51. The van der Waals surface area contributed by atoms with Gasteiger partial charge in [0.1, 0.15) is 11.5 Å². The fraction of sp³-hybridized carbons (Fsp3) is 0.273. The summed E-state index contributed by atoms with van der Waals surface area (Å²) in [7, 11) is 0. The van der Waals surface area contributed by atoms with Gasteiger partial charge < -0.3 is 9.47 Å². The van der Waals surface area contributed by atoms with Crippen molar-refractivity contribution in [1.29, 1.82) is 0 Å². The topological polar surface area (TPSA) is 18.5 Å². The average molecular weight is 286 g/mol. The van der Waals surface area contributed by atoms with E-state index in [2.05, 4.69) is 16.1 Å². The number of hydrogen-bond acceptors (Lipinski definition) is 2. The molecule has 0 atom stereocenters. The summed E-state index contributed by atoms with van der Waals surface area (Å²) in [5, 5.41) is 0. The molecule has 0 fully saturated rings. The van der Waals surface area contributed by atoms with Gasteiger partial charge in [-0.25, -0.2) is 0 Å². The predicted molar refractivity (Wildman–Crippen MR) is 53.7 cm³/mol. The van der Waals surface area contributed by atoms with E-state index in [1.54, 1.807) is 0 Å². The first-order chi connectivity index (χ1) is 8.62. The molecule has 0 aliphatic rings. The SMILES string of the molecule is C=CCc1c(OC(F)(F)F)cccc1OC(F)(F)F. The van der Waals surface area contributed by atoms with Crippen LogP contribution in [-0.2, 0) is 6.42 Å². The smallest absolute Gasteiger partial charge is 0.405 e. The molecule has 0 amide bonds. The van der Waals surface area contributed by atoms with Crippen molar-refractivity contribution < 1.29 is 35.8 Å². The zero-order valence-corrected chi connectivity index (χ0v) is 9.31. The molecule has 0 N–H and O–H groups in total. The number of hydrogen-bond donors (Lipinski definition) is 0. The molecule has 0 aliphatic carbocycles. The number of rotatable bonds is 4. The van der Waals surface area contributed by atoms with Crippen LogP contribution >= 0.6 is 0 Å². The Morgan fingerprint density at radius 2 is 1.37 bits per heavy atom. The highest BCUT2D eigenvalue weighted by molar-refractivity contribution is 5.46. The second-order valence-electron chi connectivity index (χ2n) is 3.32. The van der Waals surface area contributed by atoms with Crippen LogP contribution in [0.15, 0.2) is 30.9 Å². The second-order valence-corrected chi connectivity index (χ2v) is 3.32. The standard InChI is InChI=1S/C11H8F6O2/c1-2-4-7-8(18-10(12,13)14)5-3-6-9(7)19-11(15,16)17/h2-3,5-6H,1,4H2. The normalized spacial score (nSPS) is 12.1. The van der Waals surface area contributed by atoms with E-state index in [4.69, 9.17) is 0 Å². The Bertz CT molecular complexity index is 415. The Morgan fingerprint density at radius 3 is 1.68 bits per heavy atom. The maximum Gasteiger partial charge on any atom is 0.573 e. The number of alkyl halides is 6. The van der Waals surface area contributed by atoms with E-state index in [0.29, 0.717) is 0 Å². The highest BCUT2D eigenvalue weighted by Crippen LogP contribution is 2.35. The van der Waals surface area contributed by atoms with Crippen molar-refractivity contribution in [3.05, 3.63) is 36.4 Å². The van der Waals surface area contributed by atoms with Gasteiger partial charge in [-0.2, -0.15) is 0 Å². The highest BCUT2D eigenvalue weighted by Gasteiger charge is 2.35. The van der Waals surface area contributed by atoms with Gasteiger partial charge in [0.25, 0.3) is 0 Å². The number of ether oxygens (including phenoxy) is 2. The molecule has 0 aliphatic heterocycles. The zero-order valence-electron chi connectivity index (χ0n) is 9.31. The molecule has 0 spiro atoms. The van der Waals surface area contributed by atoms with Gasteiger partial charge in [-0.1, -0.05) is 12.1 Å². The largest absolute Gasteiger partial charge is 0.573 e. The summed E-state index contributed by atoms with van der Waals surface area (Å²) >= 11 is 0. The average Bonchev–Trinajstić information content (AvgIpc) is 2.18. The number of halogens is 6. The fourth-order valence-electron chi connectivity index (χ4n) is 1.33. The third kappa shape index (κ3) is 5.11. The minimum Gasteiger partial charge on any atom is -0.405 e. The highest BCUT2D eigenvalue weighted by atomic mass is 19.4. The van der Waals surface area contributed by atoms with Crippen LogP contribution in [0.2, 0.25) is 0 Å². The van der Waals surface area contributed by atoms with Crippen LogP contribution in [-0.4, -0.2) is 12.7 Å². The maximum atomic E-state index is 12.1. The maximum absolute atomic E-state index is 12.1. The Balaban J connectivity index is 3.17. The van der Waals surface area contributed by atoms with E-state index in [1.165, 1.54) is 0 Å². The van der Waals surface area contributed by atoms with Crippen molar-refractivity contribution in [2.75, 3.05) is 0 Å². The van der Waals surface area contributed by atoms with Crippen LogP contribution in [0, 0.1) is 0 Å². The molecule has 0 aromatic heterocycles. The molecule has 106 valence electrons. The van der Waals surface area contributed by atoms with Crippen LogP contribution in [0.25, 0.3) is 0 Å². The van der Waals surface area contributed by atoms with Crippen molar-refractivity contribution in [3.63, 3.8) is 0 Å². The van der Waals surface area contributed by atoms with E-state index < -0.39 is 24.2 Å². The molecule has 0 unspecified atom stereocenters. The first-order valence-electron chi connectivity index (χ1n) is 4.86. The first-order valence-corrected chi connectivity index (χ1v) is 4.86. The van der Waals surface area contributed by atoms with Gasteiger partial charge in [0.05, 0.1) is 0 Å². The van der Waals surface area contributed by atoms with Crippen LogP contribution < -0.4 is 9.47 Å². The van der Waals surface area contributed by atoms with Crippen LogP contribution in [0.5, 0.6) is 11.5 Å². The van der Waals surface area contributed by atoms with E-state index >= 15 is 0 Å². The van der Waals surface area contributed by atoms with Crippen molar-refractivity contribution in [3.8, 4) is 11.5 Å². The molecule has 8 heteroatoms. The molecule has 2 nitrogen and oxygen atoms in total. The molecule has 1 rings (SSSR count). The molecule has 19 heavy (non-hydrogen) atoms. The molecule has 0 saturated heterocycles. The molecule has 0 heterocycles. The summed E-state index contributed by atoms with van der Waals surface area (Å²) in [5.41, 5.74) is -0.382. The van der Waals surface area contributed by atoms with Gasteiger partial charge in [0, 0.05) is 5.56 Å². The second kappa shape index (κ2) is 5.41. The van der Waals surface area contributed by atoms with Crippen LogP contribution in [0.3, 0.4) is 0 Å². The van der Waals surface area contributed by atoms with Crippen LogP contribution in [0.1, 0.15) is 5.56 Å². The molecule has 1 aromatic carbocycles. The van der Waals surface area contributed by atoms with Gasteiger partial charge in [0.2, 0.25) is 0 Å². The lowest BCUT2D eigenvalue weighted by Gasteiger charge is -2.17. The third-order valence-corrected chi connectivity index (χ3v) is 1.89. The van der Waals surface area contributed by atoms with E-state index in [-0.39, 0.29) is 12.0 Å². The lowest BCUT2D eigenvalue weighted by atomic mass is 10.1. The number of benzene rings is 1. The van der Waals surface area contributed by atoms with Gasteiger partial charge in [0.15, 0.2) is 0 Å². The fourth-order valence-corrected chi connectivity index (χ4v) is 1.33. The van der Waals surface area contributed by atoms with Gasteiger partial charge in [-0.05, 0) is 18.6 Å². The van der Waals surface area contributed by atoms with E-state index in [0.717, 1.165) is 24.3 Å². The molecule has 1 aromatic rings. The lowest BCUT2D eigenvalue weighted by Crippen LogP contribution is -2.20. The summed E-state index contributed by atoms with van der Waals surface area (Å²) in [6, 6.07) is 2.76. The summed E-state index contributed by atoms with van der Waals surface area (Å²) in [6.07, 6.45) is -9.14. The van der Waals surface area contributed by atoms with Crippen molar-refractivity contribution in [1.82, 2.24) is 0 Å². The summed E-state index contributed by atoms with van der Waals surface area (Å²) in [6.45, 7) is 3.26. The van der Waals surface area contributed by atoms with Gasteiger partial charge >= 0.3 is 12.7 Å². The van der Waals surface area contributed by atoms with Crippen molar-refractivity contribution in [2.24, 2.45) is 0 Å².